The number of hydrogen-bond acceptors (Lipinski definition) is 9. The first kappa shape index (κ1) is 33.8. The van der Waals surface area contributed by atoms with Crippen molar-refractivity contribution >= 4 is 35.0 Å². The van der Waals surface area contributed by atoms with E-state index < -0.39 is 6.04 Å². The van der Waals surface area contributed by atoms with E-state index in [2.05, 4.69) is 43.2 Å². The molecule has 4 fully saturated rings. The summed E-state index contributed by atoms with van der Waals surface area (Å²) >= 11 is 0. The van der Waals surface area contributed by atoms with E-state index in [1.807, 2.05) is 47.1 Å². The third kappa shape index (κ3) is 6.10. The van der Waals surface area contributed by atoms with Crippen molar-refractivity contribution in [3.63, 3.8) is 0 Å². The monoisotopic (exact) mass is 739 g/mol. The van der Waals surface area contributed by atoms with Gasteiger partial charge >= 0.3 is 0 Å². The van der Waals surface area contributed by atoms with Crippen LogP contribution in [0.15, 0.2) is 79.0 Å². The summed E-state index contributed by atoms with van der Waals surface area (Å²) in [7, 11) is 0. The minimum Gasteiger partial charge on any atom is -0.356 e. The summed E-state index contributed by atoms with van der Waals surface area (Å²) in [5, 5.41) is 7.42. The number of carbonyl (C=O) groups is 3. The van der Waals surface area contributed by atoms with E-state index in [0.717, 1.165) is 98.2 Å². The topological polar surface area (TPSA) is 119 Å². The van der Waals surface area contributed by atoms with Gasteiger partial charge in [0, 0.05) is 63.2 Å². The number of likely N-dealkylation sites (tertiary alicyclic amines) is 1. The summed E-state index contributed by atoms with van der Waals surface area (Å²) in [6.07, 6.45) is 6.52. The molecule has 280 valence electrons. The molecule has 5 aliphatic heterocycles. The number of piperidine rings is 2. The van der Waals surface area contributed by atoms with Crippen LogP contribution in [0.4, 0.5) is 16.0 Å². The van der Waals surface area contributed by atoms with E-state index >= 15 is 0 Å². The minimum atomic E-state index is -0.594. The molecular weight excluding hydrogens is 698 g/mol. The molecule has 0 spiro atoms. The van der Waals surface area contributed by atoms with Crippen LogP contribution >= 0.6 is 0 Å². The maximum atomic E-state index is 14.1. The number of halogens is 1. The Morgan fingerprint density at radius 3 is 2.47 bits per heavy atom. The van der Waals surface area contributed by atoms with Crippen LogP contribution in [-0.2, 0) is 16.1 Å². The number of fused-ring (bicyclic) bond motifs is 2. The number of amides is 3. The fraction of sp³-hybridized carbons (Fsp3) is 0.381. The molecular formula is C42H42FN9O3. The third-order valence-electron chi connectivity index (χ3n) is 12.4. The Labute approximate surface area is 317 Å². The van der Waals surface area contributed by atoms with Gasteiger partial charge in [-0.25, -0.2) is 18.9 Å². The largest absolute Gasteiger partial charge is 0.356 e. The Morgan fingerprint density at radius 1 is 0.782 bits per heavy atom. The third-order valence-corrected chi connectivity index (χ3v) is 12.4. The zero-order valence-electron chi connectivity index (χ0n) is 30.5. The van der Waals surface area contributed by atoms with Crippen LogP contribution in [0.25, 0.3) is 17.0 Å². The molecule has 1 N–H and O–H groups in total. The highest BCUT2D eigenvalue weighted by Crippen LogP contribution is 2.38. The molecule has 8 heterocycles. The molecule has 3 amide bonds. The van der Waals surface area contributed by atoms with Gasteiger partial charge in [0.25, 0.3) is 5.91 Å². The van der Waals surface area contributed by atoms with Crippen molar-refractivity contribution < 1.29 is 18.8 Å². The fourth-order valence-corrected chi connectivity index (χ4v) is 9.34. The number of carbonyl (C=O) groups excluding carboxylic acids is 3. The first-order valence-corrected chi connectivity index (χ1v) is 19.5. The second-order valence-electron chi connectivity index (χ2n) is 15.6. The van der Waals surface area contributed by atoms with Gasteiger partial charge in [0.05, 0.1) is 17.9 Å². The number of aromatic nitrogens is 4. The minimum absolute atomic E-state index is 0.0730. The SMILES string of the molecule is O=C1CCC(N2Cc3ccc(C4CN(C5CCN(c6cccc(-c7cnc8ccc(N9CCC[C@@H]9c9cccc(F)c9)nn78)n6)CC5)C4)cc3C2=O)C(=O)N1. The van der Waals surface area contributed by atoms with Crippen molar-refractivity contribution in [2.45, 2.75) is 69.1 Å². The quantitative estimate of drug-likeness (QED) is 0.228. The standard InChI is InChI=1S/C42H42FN9O3/c43-30-5-1-4-27(20-30)34-7-3-17-50(34)39-13-12-37-44-22-36(52(37)47-39)33-6-2-8-38(45-33)48-18-15-31(16-19-48)49-23-29(24-49)26-9-10-28-25-51(42(55)32(28)21-26)35-11-14-40(53)46-41(35)54/h1-2,4-6,8-10,12-13,20-22,29,31,34-35H,3,7,11,14-19,23-25H2,(H,46,53,54)/t34-,35?/m1/s1. The Morgan fingerprint density at radius 2 is 1.64 bits per heavy atom. The van der Waals surface area contributed by atoms with Gasteiger partial charge in [0.2, 0.25) is 11.8 Å². The number of nitrogens with one attached hydrogen (secondary N) is 1. The number of anilines is 2. The lowest BCUT2D eigenvalue weighted by molar-refractivity contribution is -0.136. The van der Waals surface area contributed by atoms with Crippen LogP contribution in [0, 0.1) is 5.82 Å². The average Bonchev–Trinajstić information content (AvgIpc) is 3.92. The van der Waals surface area contributed by atoms with Gasteiger partial charge in [-0.15, -0.1) is 5.10 Å². The van der Waals surface area contributed by atoms with Crippen molar-refractivity contribution in [3.8, 4) is 11.4 Å². The maximum Gasteiger partial charge on any atom is 0.255 e. The van der Waals surface area contributed by atoms with E-state index in [9.17, 15) is 18.8 Å². The fourth-order valence-electron chi connectivity index (χ4n) is 9.34. The van der Waals surface area contributed by atoms with Crippen LogP contribution in [0.5, 0.6) is 0 Å². The normalized spacial score (nSPS) is 22.4. The molecule has 5 aliphatic rings. The maximum absolute atomic E-state index is 14.1. The molecule has 12 nitrogen and oxygen atoms in total. The molecule has 13 heteroatoms. The number of benzene rings is 2. The van der Waals surface area contributed by atoms with Crippen LogP contribution in [0.2, 0.25) is 0 Å². The van der Waals surface area contributed by atoms with Gasteiger partial charge in [0.15, 0.2) is 5.65 Å². The lowest BCUT2D eigenvalue weighted by Gasteiger charge is -2.47. The highest BCUT2D eigenvalue weighted by molar-refractivity contribution is 6.05. The smallest absolute Gasteiger partial charge is 0.255 e. The number of hydrogen-bond donors (Lipinski definition) is 1. The van der Waals surface area contributed by atoms with Gasteiger partial charge < -0.3 is 14.7 Å². The number of rotatable bonds is 7. The van der Waals surface area contributed by atoms with Crippen LogP contribution in [0.3, 0.4) is 0 Å². The molecule has 2 atom stereocenters. The molecule has 1 unspecified atom stereocenters. The second-order valence-corrected chi connectivity index (χ2v) is 15.6. The Kier molecular flexibility index (Phi) is 8.34. The Bertz CT molecular complexity index is 2330. The van der Waals surface area contributed by atoms with E-state index in [4.69, 9.17) is 10.1 Å². The molecule has 3 aromatic heterocycles. The molecule has 0 aliphatic carbocycles. The van der Waals surface area contributed by atoms with Crippen molar-refractivity contribution in [2.75, 3.05) is 42.5 Å². The van der Waals surface area contributed by atoms with Gasteiger partial charge in [-0.2, -0.15) is 0 Å². The molecule has 0 saturated carbocycles. The van der Waals surface area contributed by atoms with E-state index in [-0.39, 0.29) is 36.0 Å². The summed E-state index contributed by atoms with van der Waals surface area (Å²) in [5.74, 6) is 1.17. The number of pyridine rings is 1. The van der Waals surface area contributed by atoms with Crippen molar-refractivity contribution in [3.05, 3.63) is 107 Å². The summed E-state index contributed by atoms with van der Waals surface area (Å²) in [6.45, 7) is 5.02. The second kappa shape index (κ2) is 13.6. The average molecular weight is 740 g/mol. The number of nitrogens with zero attached hydrogens (tertiary/aromatic N) is 8. The number of imide groups is 1. The summed E-state index contributed by atoms with van der Waals surface area (Å²) in [5.41, 5.74) is 6.17. The Hall–Kier alpha value is -5.69. The van der Waals surface area contributed by atoms with Crippen molar-refractivity contribution in [2.24, 2.45) is 0 Å². The number of imidazole rings is 1. The molecule has 0 bridgehead atoms. The van der Waals surface area contributed by atoms with Crippen LogP contribution in [-0.4, -0.2) is 91.9 Å². The molecule has 10 rings (SSSR count). The molecule has 2 aromatic carbocycles. The zero-order chi connectivity index (χ0) is 37.2. The summed E-state index contributed by atoms with van der Waals surface area (Å²) in [4.78, 5) is 56.0. The molecule has 55 heavy (non-hydrogen) atoms. The van der Waals surface area contributed by atoms with Gasteiger partial charge in [-0.3, -0.25) is 24.6 Å². The molecule has 0 radical (unpaired) electrons. The zero-order valence-corrected chi connectivity index (χ0v) is 30.5. The molecule has 5 aromatic rings. The summed E-state index contributed by atoms with van der Waals surface area (Å²) in [6, 6.07) is 23.2. The predicted molar refractivity (Wildman–Crippen MR) is 204 cm³/mol. The first-order valence-electron chi connectivity index (χ1n) is 19.5. The highest BCUT2D eigenvalue weighted by Gasteiger charge is 2.41. The molecule has 4 saturated heterocycles. The van der Waals surface area contributed by atoms with Crippen LogP contribution < -0.4 is 15.1 Å². The predicted octanol–water partition coefficient (Wildman–Crippen LogP) is 5.10. The van der Waals surface area contributed by atoms with E-state index in [1.165, 1.54) is 11.6 Å². The highest BCUT2D eigenvalue weighted by atomic mass is 19.1. The van der Waals surface area contributed by atoms with Gasteiger partial charge in [0.1, 0.15) is 29.2 Å². The first-order chi connectivity index (χ1) is 26.9. The van der Waals surface area contributed by atoms with E-state index in [1.54, 1.807) is 17.0 Å². The lowest BCUT2D eigenvalue weighted by Crippen LogP contribution is -2.54. The van der Waals surface area contributed by atoms with E-state index in [0.29, 0.717) is 30.5 Å². The Balaban J connectivity index is 0.775. The lowest BCUT2D eigenvalue weighted by atomic mass is 9.86. The van der Waals surface area contributed by atoms with Gasteiger partial charge in [-0.05, 0) is 91.3 Å². The van der Waals surface area contributed by atoms with Crippen molar-refractivity contribution in [1.82, 2.24) is 34.7 Å². The van der Waals surface area contributed by atoms with Crippen molar-refractivity contribution in [1.29, 1.82) is 0 Å². The summed E-state index contributed by atoms with van der Waals surface area (Å²) < 4.78 is 16.0. The van der Waals surface area contributed by atoms with Gasteiger partial charge in [-0.1, -0.05) is 30.3 Å². The van der Waals surface area contributed by atoms with Crippen LogP contribution in [0.1, 0.15) is 77.5 Å².